The van der Waals surface area contributed by atoms with E-state index < -0.39 is 12.1 Å². The molecule has 0 atom stereocenters. The number of hydrogen-bond donors (Lipinski definition) is 1. The standard InChI is InChI=1S/C17H13F3N2O3/c1-9-7-11(21-16(23)17(18,19)20)8-13-14(9)25-15(22-13)10-3-5-12(24-2)6-4-10/h3-8H,1-2H3,(H,21,23). The Morgan fingerprint density at radius 2 is 1.88 bits per heavy atom. The van der Waals surface area contributed by atoms with Crippen molar-refractivity contribution >= 4 is 22.7 Å². The van der Waals surface area contributed by atoms with Crippen molar-refractivity contribution in [3.8, 4) is 17.2 Å². The average Bonchev–Trinajstić information content (AvgIpc) is 2.98. The molecule has 25 heavy (non-hydrogen) atoms. The summed E-state index contributed by atoms with van der Waals surface area (Å²) in [6, 6.07) is 9.73. The van der Waals surface area contributed by atoms with E-state index in [9.17, 15) is 18.0 Å². The highest BCUT2D eigenvalue weighted by Crippen LogP contribution is 2.30. The van der Waals surface area contributed by atoms with E-state index in [1.54, 1.807) is 38.3 Å². The molecule has 5 nitrogen and oxygen atoms in total. The van der Waals surface area contributed by atoms with Crippen LogP contribution in [0.4, 0.5) is 18.9 Å². The Balaban J connectivity index is 1.97. The Morgan fingerprint density at radius 1 is 1.20 bits per heavy atom. The Morgan fingerprint density at radius 3 is 2.48 bits per heavy atom. The summed E-state index contributed by atoms with van der Waals surface area (Å²) in [7, 11) is 1.55. The predicted molar refractivity (Wildman–Crippen MR) is 85.4 cm³/mol. The molecule has 1 heterocycles. The fourth-order valence-electron chi connectivity index (χ4n) is 2.33. The number of amides is 1. The molecular weight excluding hydrogens is 337 g/mol. The van der Waals surface area contributed by atoms with Crippen molar-refractivity contribution in [1.82, 2.24) is 4.98 Å². The van der Waals surface area contributed by atoms with E-state index in [2.05, 4.69) is 4.98 Å². The van der Waals surface area contributed by atoms with Gasteiger partial charge in [0.05, 0.1) is 7.11 Å². The number of aromatic nitrogens is 1. The predicted octanol–water partition coefficient (Wildman–Crippen LogP) is 4.31. The van der Waals surface area contributed by atoms with Gasteiger partial charge in [0.15, 0.2) is 5.58 Å². The third kappa shape index (κ3) is 3.42. The lowest BCUT2D eigenvalue weighted by Crippen LogP contribution is -2.29. The molecule has 2 aromatic carbocycles. The van der Waals surface area contributed by atoms with Gasteiger partial charge >= 0.3 is 12.1 Å². The lowest BCUT2D eigenvalue weighted by Gasteiger charge is -2.08. The van der Waals surface area contributed by atoms with Gasteiger partial charge < -0.3 is 14.5 Å². The number of carbonyl (C=O) groups is 1. The number of nitrogens with zero attached hydrogens (tertiary/aromatic N) is 1. The molecule has 0 saturated carbocycles. The zero-order valence-electron chi connectivity index (χ0n) is 13.3. The minimum absolute atomic E-state index is 0.00176. The molecule has 0 aliphatic carbocycles. The second-order valence-corrected chi connectivity index (χ2v) is 5.34. The minimum atomic E-state index is -4.96. The molecule has 1 N–H and O–H groups in total. The smallest absolute Gasteiger partial charge is 0.471 e. The fraction of sp³-hybridized carbons (Fsp3) is 0.176. The largest absolute Gasteiger partial charge is 0.497 e. The molecule has 0 bridgehead atoms. The van der Waals surface area contributed by atoms with Crippen molar-refractivity contribution in [2.45, 2.75) is 13.1 Å². The van der Waals surface area contributed by atoms with Crippen LogP contribution in [-0.4, -0.2) is 24.2 Å². The summed E-state index contributed by atoms with van der Waals surface area (Å²) in [5, 5.41) is 1.82. The number of carbonyl (C=O) groups excluding carboxylic acids is 1. The maximum atomic E-state index is 12.4. The Hall–Kier alpha value is -3.03. The van der Waals surface area contributed by atoms with Crippen molar-refractivity contribution in [1.29, 1.82) is 0 Å². The molecule has 0 aliphatic rings. The summed E-state index contributed by atoms with van der Waals surface area (Å²) in [6.07, 6.45) is -4.96. The first-order chi connectivity index (χ1) is 11.8. The first-order valence-electron chi connectivity index (χ1n) is 7.21. The summed E-state index contributed by atoms with van der Waals surface area (Å²) in [6.45, 7) is 1.66. The maximum absolute atomic E-state index is 12.4. The topological polar surface area (TPSA) is 64.4 Å². The molecule has 0 saturated heterocycles. The van der Waals surface area contributed by atoms with E-state index in [0.29, 0.717) is 33.9 Å². The molecule has 1 aromatic heterocycles. The molecule has 0 unspecified atom stereocenters. The van der Waals surface area contributed by atoms with Gasteiger partial charge in [-0.2, -0.15) is 13.2 Å². The van der Waals surface area contributed by atoms with E-state index >= 15 is 0 Å². The van der Waals surface area contributed by atoms with Crippen LogP contribution in [0.2, 0.25) is 0 Å². The number of aryl methyl sites for hydroxylation is 1. The highest BCUT2D eigenvalue weighted by molar-refractivity contribution is 5.97. The van der Waals surface area contributed by atoms with Crippen LogP contribution >= 0.6 is 0 Å². The van der Waals surface area contributed by atoms with Crippen LogP contribution in [0.15, 0.2) is 40.8 Å². The summed E-state index contributed by atoms with van der Waals surface area (Å²) < 4.78 is 47.9. The number of oxazole rings is 1. The quantitative estimate of drug-likeness (QED) is 0.764. The molecule has 1 amide bonds. The third-order valence-corrected chi connectivity index (χ3v) is 3.53. The monoisotopic (exact) mass is 350 g/mol. The number of fused-ring (bicyclic) bond motifs is 1. The Labute approximate surface area is 140 Å². The highest BCUT2D eigenvalue weighted by atomic mass is 19.4. The molecular formula is C17H13F3N2O3. The first-order valence-corrected chi connectivity index (χ1v) is 7.21. The van der Waals surface area contributed by atoms with Gasteiger partial charge in [0.25, 0.3) is 0 Å². The van der Waals surface area contributed by atoms with Crippen LogP contribution in [0.1, 0.15) is 5.56 Å². The Bertz CT molecular complexity index is 931. The lowest BCUT2D eigenvalue weighted by atomic mass is 10.2. The van der Waals surface area contributed by atoms with Gasteiger partial charge in [-0.15, -0.1) is 0 Å². The number of methoxy groups -OCH3 is 1. The summed E-state index contributed by atoms with van der Waals surface area (Å²) in [4.78, 5) is 15.4. The number of nitrogens with one attached hydrogen (secondary N) is 1. The molecule has 130 valence electrons. The van der Waals surface area contributed by atoms with Gasteiger partial charge in [-0.25, -0.2) is 4.98 Å². The van der Waals surface area contributed by atoms with Gasteiger partial charge in [0, 0.05) is 11.3 Å². The van der Waals surface area contributed by atoms with E-state index in [0.717, 1.165) is 0 Å². The molecule has 0 spiro atoms. The molecule has 3 rings (SSSR count). The van der Waals surface area contributed by atoms with Crippen LogP contribution in [0.25, 0.3) is 22.6 Å². The van der Waals surface area contributed by atoms with Gasteiger partial charge in [0.2, 0.25) is 5.89 Å². The van der Waals surface area contributed by atoms with Crippen molar-refractivity contribution in [2.24, 2.45) is 0 Å². The SMILES string of the molecule is COc1ccc(-c2nc3cc(NC(=O)C(F)(F)F)cc(C)c3o2)cc1. The van der Waals surface area contributed by atoms with E-state index in [1.165, 1.54) is 12.1 Å². The summed E-state index contributed by atoms with van der Waals surface area (Å²) in [5.41, 5.74) is 2.04. The van der Waals surface area contributed by atoms with Crippen LogP contribution in [0.3, 0.4) is 0 Å². The van der Waals surface area contributed by atoms with Crippen molar-refractivity contribution in [3.63, 3.8) is 0 Å². The molecule has 0 radical (unpaired) electrons. The number of hydrogen-bond acceptors (Lipinski definition) is 4. The highest BCUT2D eigenvalue weighted by Gasteiger charge is 2.38. The zero-order valence-corrected chi connectivity index (χ0v) is 13.3. The molecule has 0 aliphatic heterocycles. The lowest BCUT2D eigenvalue weighted by molar-refractivity contribution is -0.167. The van der Waals surface area contributed by atoms with Gasteiger partial charge in [0.1, 0.15) is 11.3 Å². The summed E-state index contributed by atoms with van der Waals surface area (Å²) in [5.74, 6) is -1.04. The van der Waals surface area contributed by atoms with Crippen LogP contribution < -0.4 is 10.1 Å². The van der Waals surface area contributed by atoms with Crippen LogP contribution in [0.5, 0.6) is 5.75 Å². The number of ether oxygens (including phenoxy) is 1. The minimum Gasteiger partial charge on any atom is -0.497 e. The van der Waals surface area contributed by atoms with Gasteiger partial charge in [-0.05, 0) is 48.9 Å². The van der Waals surface area contributed by atoms with E-state index in [-0.39, 0.29) is 5.69 Å². The fourth-order valence-corrected chi connectivity index (χ4v) is 2.33. The number of halogens is 3. The average molecular weight is 350 g/mol. The van der Waals surface area contributed by atoms with E-state index in [4.69, 9.17) is 9.15 Å². The van der Waals surface area contributed by atoms with Crippen molar-refractivity contribution < 1.29 is 27.1 Å². The first kappa shape index (κ1) is 16.8. The maximum Gasteiger partial charge on any atom is 0.471 e. The third-order valence-electron chi connectivity index (χ3n) is 3.53. The molecule has 8 heteroatoms. The number of benzene rings is 2. The number of rotatable bonds is 3. The van der Waals surface area contributed by atoms with Crippen molar-refractivity contribution in [2.75, 3.05) is 12.4 Å². The van der Waals surface area contributed by atoms with Gasteiger partial charge in [-0.1, -0.05) is 0 Å². The number of alkyl halides is 3. The van der Waals surface area contributed by atoms with Gasteiger partial charge in [-0.3, -0.25) is 4.79 Å². The molecule has 0 fully saturated rings. The van der Waals surface area contributed by atoms with E-state index in [1.807, 2.05) is 5.32 Å². The second kappa shape index (κ2) is 6.12. The normalized spacial score (nSPS) is 11.6. The zero-order chi connectivity index (χ0) is 18.2. The summed E-state index contributed by atoms with van der Waals surface area (Å²) >= 11 is 0. The van der Waals surface area contributed by atoms with Crippen LogP contribution in [0, 0.1) is 6.92 Å². The van der Waals surface area contributed by atoms with Crippen molar-refractivity contribution in [3.05, 3.63) is 42.0 Å². The number of anilines is 1. The van der Waals surface area contributed by atoms with Crippen LogP contribution in [-0.2, 0) is 4.79 Å². The molecule has 3 aromatic rings. The second-order valence-electron chi connectivity index (χ2n) is 5.34. The Kier molecular flexibility index (Phi) is 4.12.